The number of carbonyl (C=O) groups excluding carboxylic acids is 1. The molecule has 4 heterocycles. The van der Waals surface area contributed by atoms with Gasteiger partial charge >= 0.3 is 12.3 Å². The first kappa shape index (κ1) is 38.7. The van der Waals surface area contributed by atoms with Crippen molar-refractivity contribution in [2.24, 2.45) is 0 Å². The molecule has 12 nitrogen and oxygen atoms in total. The van der Waals surface area contributed by atoms with Gasteiger partial charge in [-0.05, 0) is 33.1 Å². The summed E-state index contributed by atoms with van der Waals surface area (Å²) in [4.78, 5) is 34.2. The molecule has 1 amide bonds. The van der Waals surface area contributed by atoms with Crippen LogP contribution in [0.3, 0.4) is 0 Å². The highest BCUT2D eigenvalue weighted by atomic mass is 28.4. The molecule has 3 aromatic carbocycles. The molecule has 2 saturated heterocycles. The zero-order valence-corrected chi connectivity index (χ0v) is 32.4. The molecule has 2 fully saturated rings. The molecular weight excluding hydrogens is 744 g/mol. The Hall–Kier alpha value is -5.58. The minimum absolute atomic E-state index is 0.0526. The lowest BCUT2D eigenvalue weighted by Gasteiger charge is -2.44. The SMILES string of the molecule is COc1ccc([C@@H]2OC(=O)N(c3nc(N4CCOCC4)nc(-c4cncnc4C(F)(F)F)c3N)[C@H]2CO[Si](c2ccccc2)(c2ccccc2)C(C)(C)C)cc1. The number of rotatable bonds is 10. The lowest BCUT2D eigenvalue weighted by atomic mass is 10.0. The molecule has 0 radical (unpaired) electrons. The Balaban J connectivity index is 1.42. The summed E-state index contributed by atoms with van der Waals surface area (Å²) in [7, 11) is -1.65. The summed E-state index contributed by atoms with van der Waals surface area (Å²) >= 11 is 0. The molecule has 5 aromatic rings. The Morgan fingerprint density at radius 2 is 1.54 bits per heavy atom. The summed E-state index contributed by atoms with van der Waals surface area (Å²) in [5.41, 5.74) is 5.17. The number of nitrogens with two attached hydrogens (primary N) is 1. The Morgan fingerprint density at radius 3 is 2.11 bits per heavy atom. The number of ether oxygens (including phenoxy) is 3. The van der Waals surface area contributed by atoms with Gasteiger partial charge in [-0.1, -0.05) is 93.6 Å². The van der Waals surface area contributed by atoms with Gasteiger partial charge in [0, 0.05) is 19.3 Å². The standard InChI is InChI=1S/C40H42F3N7O5Si/c1-39(2,3)56(28-11-7-5-8-12-28,29-13-9-6-10-14-29)54-24-31-34(26-15-17-27(52-4)18-16-26)55-38(51)50(31)36-32(44)33(30-23-45-25-46-35(30)40(41,42)43)47-37(48-36)49-19-21-53-22-20-49/h5-18,23,25,31,34H,19-22,24,44H2,1-4H3/t31-,34-/m0/s1. The fourth-order valence-electron chi connectivity index (χ4n) is 7.44. The molecule has 2 aliphatic heterocycles. The number of cyclic esters (lactones) is 1. The van der Waals surface area contributed by atoms with Crippen LogP contribution >= 0.6 is 0 Å². The number of carbonyl (C=O) groups is 1. The van der Waals surface area contributed by atoms with Gasteiger partial charge in [-0.3, -0.25) is 4.90 Å². The van der Waals surface area contributed by atoms with Crippen LogP contribution < -0.4 is 30.6 Å². The van der Waals surface area contributed by atoms with Crippen LogP contribution in [-0.2, 0) is 20.1 Å². The van der Waals surface area contributed by atoms with Crippen LogP contribution in [-0.4, -0.2) is 80.4 Å². The summed E-state index contributed by atoms with van der Waals surface area (Å²) in [6, 6.07) is 26.2. The van der Waals surface area contributed by atoms with Gasteiger partial charge < -0.3 is 29.3 Å². The molecule has 2 atom stereocenters. The number of nitrogen functional groups attached to an aromatic ring is 1. The smallest absolute Gasteiger partial charge is 0.434 e. The molecule has 292 valence electrons. The van der Waals surface area contributed by atoms with Gasteiger partial charge in [0.15, 0.2) is 17.6 Å². The summed E-state index contributed by atoms with van der Waals surface area (Å²) in [5.74, 6) is 0.516. The predicted octanol–water partition coefficient (Wildman–Crippen LogP) is 6.02. The number of amides is 1. The van der Waals surface area contributed by atoms with Crippen LogP contribution in [0, 0.1) is 0 Å². The minimum Gasteiger partial charge on any atom is -0.497 e. The average Bonchev–Trinajstić information content (AvgIpc) is 3.53. The second kappa shape index (κ2) is 15.5. The van der Waals surface area contributed by atoms with Gasteiger partial charge in [-0.15, -0.1) is 0 Å². The summed E-state index contributed by atoms with van der Waals surface area (Å²) in [5, 5.41) is 1.60. The Labute approximate surface area is 323 Å². The van der Waals surface area contributed by atoms with Gasteiger partial charge in [-0.2, -0.15) is 18.2 Å². The van der Waals surface area contributed by atoms with Crippen molar-refractivity contribution in [1.29, 1.82) is 0 Å². The van der Waals surface area contributed by atoms with E-state index in [2.05, 4.69) is 60.0 Å². The van der Waals surface area contributed by atoms with Crippen LogP contribution in [0.1, 0.15) is 38.1 Å². The highest BCUT2D eigenvalue weighted by Crippen LogP contribution is 2.45. The predicted molar refractivity (Wildman–Crippen MR) is 208 cm³/mol. The van der Waals surface area contributed by atoms with Gasteiger partial charge in [0.05, 0.1) is 32.5 Å². The Morgan fingerprint density at radius 1 is 0.911 bits per heavy atom. The summed E-state index contributed by atoms with van der Waals surface area (Å²) in [6.45, 7) is 7.71. The van der Waals surface area contributed by atoms with E-state index in [-0.39, 0.29) is 29.8 Å². The average molecular weight is 786 g/mol. The van der Waals surface area contributed by atoms with E-state index in [1.165, 1.54) is 4.90 Å². The fourth-order valence-corrected chi connectivity index (χ4v) is 12.0. The van der Waals surface area contributed by atoms with Crippen molar-refractivity contribution in [3.63, 3.8) is 0 Å². The molecule has 2 N–H and O–H groups in total. The highest BCUT2D eigenvalue weighted by molar-refractivity contribution is 6.99. The van der Waals surface area contributed by atoms with Crippen LogP contribution in [0.5, 0.6) is 5.75 Å². The number of benzene rings is 3. The number of nitrogens with zero attached hydrogens (tertiary/aromatic N) is 6. The zero-order chi connectivity index (χ0) is 39.7. The first-order chi connectivity index (χ1) is 26.8. The third kappa shape index (κ3) is 7.26. The zero-order valence-electron chi connectivity index (χ0n) is 31.4. The van der Waals surface area contributed by atoms with E-state index >= 15 is 0 Å². The third-order valence-electron chi connectivity index (χ3n) is 10.1. The van der Waals surface area contributed by atoms with Crippen molar-refractivity contribution in [2.75, 3.05) is 55.6 Å². The van der Waals surface area contributed by atoms with Crippen molar-refractivity contribution in [2.45, 2.75) is 44.1 Å². The molecule has 16 heteroatoms. The normalized spacial score (nSPS) is 17.9. The number of hydrogen-bond donors (Lipinski definition) is 1. The maximum atomic E-state index is 14.4. The van der Waals surface area contributed by atoms with Crippen molar-refractivity contribution in [1.82, 2.24) is 19.9 Å². The number of anilines is 3. The van der Waals surface area contributed by atoms with E-state index in [1.54, 1.807) is 36.3 Å². The van der Waals surface area contributed by atoms with Crippen molar-refractivity contribution < 1.29 is 36.6 Å². The second-order valence-corrected chi connectivity index (χ2v) is 18.8. The van der Waals surface area contributed by atoms with Crippen molar-refractivity contribution in [3.8, 4) is 17.0 Å². The lowest BCUT2D eigenvalue weighted by molar-refractivity contribution is -0.140. The fraction of sp³-hybridized carbons (Fsp3) is 0.325. The molecule has 0 unspecified atom stereocenters. The largest absolute Gasteiger partial charge is 0.497 e. The number of halogens is 3. The first-order valence-corrected chi connectivity index (χ1v) is 20.0. The Bertz CT molecular complexity index is 2110. The molecular formula is C40H42F3N7O5Si. The Kier molecular flexibility index (Phi) is 10.7. The molecule has 2 aliphatic rings. The van der Waals surface area contributed by atoms with Gasteiger partial charge in [0.1, 0.15) is 29.5 Å². The second-order valence-electron chi connectivity index (χ2n) is 14.5. The van der Waals surface area contributed by atoms with Gasteiger partial charge in [-0.25, -0.2) is 19.7 Å². The van der Waals surface area contributed by atoms with Gasteiger partial charge in [0.25, 0.3) is 8.32 Å². The maximum Gasteiger partial charge on any atom is 0.434 e. The van der Waals surface area contributed by atoms with E-state index in [0.29, 0.717) is 37.6 Å². The third-order valence-corrected chi connectivity index (χ3v) is 15.1. The van der Waals surface area contributed by atoms with E-state index in [9.17, 15) is 18.0 Å². The van der Waals surface area contributed by atoms with Crippen LogP contribution in [0.25, 0.3) is 11.3 Å². The molecule has 7 rings (SSSR count). The number of aromatic nitrogens is 4. The number of alkyl halides is 3. The quantitative estimate of drug-likeness (QED) is 0.166. The molecule has 0 bridgehead atoms. The summed E-state index contributed by atoms with van der Waals surface area (Å²) < 4.78 is 67.7. The van der Waals surface area contributed by atoms with Crippen LogP contribution in [0.15, 0.2) is 97.5 Å². The molecule has 2 aromatic heterocycles. The van der Waals surface area contributed by atoms with Crippen molar-refractivity contribution in [3.05, 3.63) is 109 Å². The number of morpholine rings is 1. The lowest BCUT2D eigenvalue weighted by Crippen LogP contribution is -2.67. The van der Waals surface area contributed by atoms with Crippen molar-refractivity contribution >= 4 is 42.2 Å². The molecule has 0 spiro atoms. The summed E-state index contributed by atoms with van der Waals surface area (Å²) in [6.07, 6.45) is -4.78. The molecule has 0 saturated carbocycles. The van der Waals surface area contributed by atoms with E-state index in [4.69, 9.17) is 29.4 Å². The first-order valence-electron chi connectivity index (χ1n) is 18.1. The van der Waals surface area contributed by atoms with E-state index in [1.807, 2.05) is 36.4 Å². The number of methoxy groups -OCH3 is 1. The minimum atomic E-state index is -4.87. The topological polar surface area (TPSA) is 138 Å². The van der Waals surface area contributed by atoms with E-state index in [0.717, 1.165) is 22.9 Å². The van der Waals surface area contributed by atoms with Crippen LogP contribution in [0.2, 0.25) is 5.04 Å². The number of hydrogen-bond acceptors (Lipinski definition) is 11. The van der Waals surface area contributed by atoms with E-state index < -0.39 is 49.0 Å². The van der Waals surface area contributed by atoms with Gasteiger partial charge in [0.2, 0.25) is 5.95 Å². The molecule has 0 aliphatic carbocycles. The van der Waals surface area contributed by atoms with Crippen LogP contribution in [0.4, 0.5) is 35.4 Å². The maximum absolute atomic E-state index is 14.4. The monoisotopic (exact) mass is 785 g/mol. The molecule has 56 heavy (non-hydrogen) atoms. The highest BCUT2D eigenvalue weighted by Gasteiger charge is 2.53.